The highest BCUT2D eigenvalue weighted by molar-refractivity contribution is 7.99. The summed E-state index contributed by atoms with van der Waals surface area (Å²) in [6.45, 7) is 5.32. The van der Waals surface area contributed by atoms with Crippen molar-refractivity contribution in [1.29, 1.82) is 0 Å². The topological polar surface area (TPSA) is 50.1 Å². The van der Waals surface area contributed by atoms with Gasteiger partial charge in [0, 0.05) is 28.7 Å². The molecule has 1 aromatic heterocycles. The number of aryl methyl sites for hydroxylation is 1. The Labute approximate surface area is 140 Å². The molecule has 0 radical (unpaired) electrons. The summed E-state index contributed by atoms with van der Waals surface area (Å²) in [4.78, 5) is 0.778. The quantitative estimate of drug-likeness (QED) is 0.882. The highest BCUT2D eigenvalue weighted by Crippen LogP contribution is 2.37. The molecule has 0 saturated heterocycles. The van der Waals surface area contributed by atoms with E-state index in [1.165, 1.54) is 6.07 Å². The standard InChI is InChI=1S/C17H22FN3OS/c1-11-14(12(2)21(20-11)7-8-22)10-19-16-6-9-23-17-13(16)4-3-5-15(17)18/h3-5,16,19,22H,6-10H2,1-2H3. The van der Waals surface area contributed by atoms with Crippen molar-refractivity contribution in [1.82, 2.24) is 15.1 Å². The molecule has 1 aromatic carbocycles. The van der Waals surface area contributed by atoms with Crippen LogP contribution in [0.15, 0.2) is 23.1 Å². The van der Waals surface area contributed by atoms with Crippen LogP contribution in [0, 0.1) is 19.7 Å². The Balaban J connectivity index is 1.77. The molecular formula is C17H22FN3OS. The van der Waals surface area contributed by atoms with Gasteiger partial charge in [0.05, 0.1) is 18.8 Å². The van der Waals surface area contributed by atoms with Gasteiger partial charge in [0.25, 0.3) is 0 Å². The van der Waals surface area contributed by atoms with Crippen LogP contribution < -0.4 is 5.32 Å². The summed E-state index contributed by atoms with van der Waals surface area (Å²) in [6.07, 6.45) is 0.990. The Kier molecular flexibility index (Phi) is 5.04. The van der Waals surface area contributed by atoms with E-state index in [4.69, 9.17) is 5.11 Å². The third kappa shape index (κ3) is 3.29. The Morgan fingerprint density at radius 1 is 1.43 bits per heavy atom. The highest BCUT2D eigenvalue weighted by Gasteiger charge is 2.23. The molecule has 0 aliphatic carbocycles. The van der Waals surface area contributed by atoms with Crippen LogP contribution in [0.2, 0.25) is 0 Å². The molecule has 2 aromatic rings. The summed E-state index contributed by atoms with van der Waals surface area (Å²) >= 11 is 1.60. The maximum atomic E-state index is 13.9. The zero-order valence-corrected chi connectivity index (χ0v) is 14.3. The first kappa shape index (κ1) is 16.5. The molecule has 1 unspecified atom stereocenters. The van der Waals surface area contributed by atoms with E-state index in [1.54, 1.807) is 17.8 Å². The summed E-state index contributed by atoms with van der Waals surface area (Å²) in [5.74, 6) is 0.801. The van der Waals surface area contributed by atoms with Gasteiger partial charge in [-0.05, 0) is 37.7 Å². The van der Waals surface area contributed by atoms with E-state index in [0.29, 0.717) is 13.1 Å². The molecule has 1 atom stereocenters. The first-order valence-corrected chi connectivity index (χ1v) is 8.88. The van der Waals surface area contributed by atoms with Crippen molar-refractivity contribution < 1.29 is 9.50 Å². The number of aliphatic hydroxyl groups is 1. The minimum atomic E-state index is -0.123. The van der Waals surface area contributed by atoms with Crippen molar-refractivity contribution in [3.63, 3.8) is 0 Å². The molecular weight excluding hydrogens is 313 g/mol. The van der Waals surface area contributed by atoms with Gasteiger partial charge in [0.2, 0.25) is 0 Å². The van der Waals surface area contributed by atoms with Crippen molar-refractivity contribution in [2.75, 3.05) is 12.4 Å². The van der Waals surface area contributed by atoms with Gasteiger partial charge in [-0.15, -0.1) is 11.8 Å². The average Bonchev–Trinajstić information content (AvgIpc) is 2.80. The lowest BCUT2D eigenvalue weighted by molar-refractivity contribution is 0.267. The van der Waals surface area contributed by atoms with Crippen molar-refractivity contribution in [3.8, 4) is 0 Å². The molecule has 0 spiro atoms. The summed E-state index contributed by atoms with van der Waals surface area (Å²) in [5, 5.41) is 17.1. The monoisotopic (exact) mass is 335 g/mol. The second kappa shape index (κ2) is 7.03. The molecule has 124 valence electrons. The van der Waals surface area contributed by atoms with Crippen LogP contribution in [-0.4, -0.2) is 27.2 Å². The fraction of sp³-hybridized carbons (Fsp3) is 0.471. The van der Waals surface area contributed by atoms with Crippen LogP contribution in [-0.2, 0) is 13.1 Å². The maximum Gasteiger partial charge on any atom is 0.137 e. The van der Waals surface area contributed by atoms with E-state index in [2.05, 4.69) is 10.4 Å². The molecule has 0 saturated carbocycles. The normalized spacial score (nSPS) is 17.3. The zero-order chi connectivity index (χ0) is 16.4. The highest BCUT2D eigenvalue weighted by atomic mass is 32.2. The molecule has 2 heterocycles. The van der Waals surface area contributed by atoms with Crippen LogP contribution in [0.4, 0.5) is 4.39 Å². The number of nitrogens with one attached hydrogen (secondary N) is 1. The summed E-state index contributed by atoms with van der Waals surface area (Å²) < 4.78 is 15.8. The minimum Gasteiger partial charge on any atom is -0.394 e. The largest absolute Gasteiger partial charge is 0.394 e. The molecule has 1 aliphatic heterocycles. The molecule has 4 nitrogen and oxygen atoms in total. The van der Waals surface area contributed by atoms with Gasteiger partial charge in [0.15, 0.2) is 0 Å². The number of aliphatic hydroxyl groups excluding tert-OH is 1. The molecule has 6 heteroatoms. The van der Waals surface area contributed by atoms with E-state index >= 15 is 0 Å². The van der Waals surface area contributed by atoms with Crippen LogP contribution in [0.5, 0.6) is 0 Å². The van der Waals surface area contributed by atoms with Crippen molar-refractivity contribution in [2.24, 2.45) is 0 Å². The Morgan fingerprint density at radius 2 is 2.26 bits per heavy atom. The predicted octanol–water partition coefficient (Wildman–Crippen LogP) is 2.96. The number of rotatable bonds is 5. The second-order valence-electron chi connectivity index (χ2n) is 5.82. The fourth-order valence-electron chi connectivity index (χ4n) is 3.13. The summed E-state index contributed by atoms with van der Waals surface area (Å²) in [6, 6.07) is 5.49. The third-order valence-electron chi connectivity index (χ3n) is 4.39. The van der Waals surface area contributed by atoms with Crippen LogP contribution >= 0.6 is 11.8 Å². The Bertz CT molecular complexity index is 701. The number of hydrogen-bond donors (Lipinski definition) is 2. The van der Waals surface area contributed by atoms with Gasteiger partial charge in [-0.2, -0.15) is 5.10 Å². The number of thioether (sulfide) groups is 1. The predicted molar refractivity (Wildman–Crippen MR) is 90.1 cm³/mol. The van der Waals surface area contributed by atoms with Gasteiger partial charge in [-0.25, -0.2) is 4.39 Å². The molecule has 3 rings (SSSR count). The van der Waals surface area contributed by atoms with Crippen LogP contribution in [0.25, 0.3) is 0 Å². The number of halogens is 1. The smallest absolute Gasteiger partial charge is 0.137 e. The number of aromatic nitrogens is 2. The van der Waals surface area contributed by atoms with E-state index in [1.807, 2.05) is 24.6 Å². The number of fused-ring (bicyclic) bond motifs is 1. The van der Waals surface area contributed by atoms with Gasteiger partial charge >= 0.3 is 0 Å². The number of benzene rings is 1. The first-order chi connectivity index (χ1) is 11.1. The summed E-state index contributed by atoms with van der Waals surface area (Å²) in [5.41, 5.74) is 4.27. The van der Waals surface area contributed by atoms with Crippen molar-refractivity contribution in [3.05, 3.63) is 46.5 Å². The summed E-state index contributed by atoms with van der Waals surface area (Å²) in [7, 11) is 0. The van der Waals surface area contributed by atoms with E-state index in [9.17, 15) is 4.39 Å². The van der Waals surface area contributed by atoms with E-state index in [-0.39, 0.29) is 18.5 Å². The molecule has 1 aliphatic rings. The lowest BCUT2D eigenvalue weighted by Crippen LogP contribution is -2.25. The van der Waals surface area contributed by atoms with Crippen molar-refractivity contribution in [2.45, 2.75) is 44.3 Å². The van der Waals surface area contributed by atoms with Crippen LogP contribution in [0.3, 0.4) is 0 Å². The fourth-order valence-corrected chi connectivity index (χ4v) is 4.27. The molecule has 23 heavy (non-hydrogen) atoms. The third-order valence-corrected chi connectivity index (χ3v) is 5.55. The first-order valence-electron chi connectivity index (χ1n) is 7.90. The molecule has 2 N–H and O–H groups in total. The van der Waals surface area contributed by atoms with Gasteiger partial charge in [-0.3, -0.25) is 4.68 Å². The molecule has 0 bridgehead atoms. The number of nitrogens with zero attached hydrogens (tertiary/aromatic N) is 2. The van der Waals surface area contributed by atoms with Gasteiger partial charge in [0.1, 0.15) is 5.82 Å². The van der Waals surface area contributed by atoms with Crippen molar-refractivity contribution >= 4 is 11.8 Å². The molecule has 0 fully saturated rings. The lowest BCUT2D eigenvalue weighted by atomic mass is 10.0. The SMILES string of the molecule is Cc1nn(CCO)c(C)c1CNC1CCSc2c(F)cccc21. The second-order valence-corrected chi connectivity index (χ2v) is 6.93. The Morgan fingerprint density at radius 3 is 3.04 bits per heavy atom. The van der Waals surface area contributed by atoms with E-state index < -0.39 is 0 Å². The number of hydrogen-bond acceptors (Lipinski definition) is 4. The molecule has 0 amide bonds. The minimum absolute atomic E-state index is 0.0847. The van der Waals surface area contributed by atoms with Gasteiger partial charge < -0.3 is 10.4 Å². The van der Waals surface area contributed by atoms with Gasteiger partial charge in [-0.1, -0.05) is 12.1 Å². The lowest BCUT2D eigenvalue weighted by Gasteiger charge is -2.26. The maximum absolute atomic E-state index is 13.9. The zero-order valence-electron chi connectivity index (χ0n) is 13.5. The van der Waals surface area contributed by atoms with E-state index in [0.717, 1.165) is 39.6 Å². The Hall–Kier alpha value is -1.37. The average molecular weight is 335 g/mol. The van der Waals surface area contributed by atoms with Crippen LogP contribution in [0.1, 0.15) is 35.0 Å².